The van der Waals surface area contributed by atoms with E-state index in [9.17, 15) is 0 Å². The molecule has 5 nitrogen and oxygen atoms in total. The predicted octanol–water partition coefficient (Wildman–Crippen LogP) is 5.05. The Morgan fingerprint density at radius 3 is 2.28 bits per heavy atom. The van der Waals surface area contributed by atoms with Gasteiger partial charge in [-0.05, 0) is 31.2 Å². The molecule has 0 aliphatic carbocycles. The fourth-order valence-electron chi connectivity index (χ4n) is 3.80. The average Bonchev–Trinajstić information content (AvgIpc) is 3.12. The van der Waals surface area contributed by atoms with Crippen molar-refractivity contribution in [3.05, 3.63) is 90.8 Å². The Kier molecular flexibility index (Phi) is 4.41. The Morgan fingerprint density at radius 2 is 1.52 bits per heavy atom. The van der Waals surface area contributed by atoms with Crippen LogP contribution in [0.15, 0.2) is 89.9 Å². The maximum Gasteiger partial charge on any atom is 0.168 e. The molecule has 1 aromatic heterocycles. The standard InChI is InChI=1S/C24H21N5/c1-2-28(19-13-7-4-8-14-19)22-17-23-26-27-24(18-11-5-3-6-12-18)29(23)21-16-10-9-15-20(21)25-22/h3-16H,2,17H2,1H3. The molecule has 1 aliphatic rings. The third-order valence-electron chi connectivity index (χ3n) is 5.15. The number of aromatic nitrogens is 3. The molecule has 2 heterocycles. The van der Waals surface area contributed by atoms with Crippen LogP contribution in [-0.2, 0) is 6.42 Å². The number of likely N-dealkylation sites (N-methyl/N-ethyl adjacent to an activating group) is 1. The highest BCUT2D eigenvalue weighted by molar-refractivity contribution is 6.01. The van der Waals surface area contributed by atoms with Gasteiger partial charge in [-0.3, -0.25) is 4.57 Å². The van der Waals surface area contributed by atoms with Gasteiger partial charge in [-0.25, -0.2) is 4.99 Å². The van der Waals surface area contributed by atoms with Crippen molar-refractivity contribution < 1.29 is 0 Å². The second-order valence-corrected chi connectivity index (χ2v) is 6.91. The summed E-state index contributed by atoms with van der Waals surface area (Å²) >= 11 is 0. The van der Waals surface area contributed by atoms with Crippen molar-refractivity contribution in [3.8, 4) is 17.1 Å². The fourth-order valence-corrected chi connectivity index (χ4v) is 3.80. The molecule has 0 bridgehead atoms. The topological polar surface area (TPSA) is 46.3 Å². The van der Waals surface area contributed by atoms with Gasteiger partial charge in [-0.1, -0.05) is 60.7 Å². The zero-order valence-corrected chi connectivity index (χ0v) is 16.2. The summed E-state index contributed by atoms with van der Waals surface area (Å²) in [4.78, 5) is 7.30. The molecule has 0 unspecified atom stereocenters. The van der Waals surface area contributed by atoms with Crippen molar-refractivity contribution in [1.29, 1.82) is 0 Å². The van der Waals surface area contributed by atoms with Crippen LogP contribution in [0.1, 0.15) is 12.7 Å². The highest BCUT2D eigenvalue weighted by Crippen LogP contribution is 2.33. The van der Waals surface area contributed by atoms with E-state index in [1.165, 1.54) is 0 Å². The van der Waals surface area contributed by atoms with Crippen LogP contribution in [0.5, 0.6) is 0 Å². The lowest BCUT2D eigenvalue weighted by Gasteiger charge is -2.24. The molecule has 0 saturated heterocycles. The van der Waals surface area contributed by atoms with E-state index < -0.39 is 0 Å². The first kappa shape index (κ1) is 17.4. The third-order valence-corrected chi connectivity index (χ3v) is 5.15. The Hall–Kier alpha value is -3.73. The molecule has 0 fully saturated rings. The third kappa shape index (κ3) is 3.10. The lowest BCUT2D eigenvalue weighted by atomic mass is 10.2. The Labute approximate surface area is 170 Å². The summed E-state index contributed by atoms with van der Waals surface area (Å²) in [6, 6.07) is 28.8. The van der Waals surface area contributed by atoms with E-state index in [1.807, 2.05) is 36.4 Å². The molecule has 0 radical (unpaired) electrons. The van der Waals surface area contributed by atoms with Crippen LogP contribution >= 0.6 is 0 Å². The monoisotopic (exact) mass is 379 g/mol. The summed E-state index contributed by atoms with van der Waals surface area (Å²) in [5, 5.41) is 9.10. The van der Waals surface area contributed by atoms with Crippen LogP contribution in [0.3, 0.4) is 0 Å². The Bertz CT molecular complexity index is 1160. The molecule has 0 atom stereocenters. The predicted molar refractivity (Wildman–Crippen MR) is 117 cm³/mol. The van der Waals surface area contributed by atoms with E-state index in [2.05, 4.69) is 75.1 Å². The van der Waals surface area contributed by atoms with E-state index in [-0.39, 0.29) is 0 Å². The SMILES string of the molecule is CCN(C1=Nc2ccccc2-n2c(nnc2-c2ccccc2)C1)c1ccccc1. The minimum Gasteiger partial charge on any atom is -0.330 e. The summed E-state index contributed by atoms with van der Waals surface area (Å²) in [7, 11) is 0. The number of rotatable bonds is 3. The molecule has 1 aliphatic heterocycles. The van der Waals surface area contributed by atoms with E-state index in [1.54, 1.807) is 0 Å². The second kappa shape index (κ2) is 7.36. The quantitative estimate of drug-likeness (QED) is 0.501. The molecule has 5 heteroatoms. The first-order chi connectivity index (χ1) is 14.3. The van der Waals surface area contributed by atoms with Crippen LogP contribution in [-0.4, -0.2) is 27.1 Å². The summed E-state index contributed by atoms with van der Waals surface area (Å²) in [6.07, 6.45) is 0.608. The van der Waals surface area contributed by atoms with Gasteiger partial charge in [-0.2, -0.15) is 0 Å². The number of anilines is 1. The van der Waals surface area contributed by atoms with Crippen molar-refractivity contribution in [2.45, 2.75) is 13.3 Å². The first-order valence-corrected chi connectivity index (χ1v) is 9.84. The number of aliphatic imine (C=N–C) groups is 1. The lowest BCUT2D eigenvalue weighted by molar-refractivity contribution is 0.929. The number of fused-ring (bicyclic) bond motifs is 3. The van der Waals surface area contributed by atoms with Crippen LogP contribution in [0.4, 0.5) is 11.4 Å². The van der Waals surface area contributed by atoms with Gasteiger partial charge in [0.05, 0.1) is 17.8 Å². The van der Waals surface area contributed by atoms with Gasteiger partial charge in [0.1, 0.15) is 11.7 Å². The first-order valence-electron chi connectivity index (χ1n) is 9.84. The number of hydrogen-bond donors (Lipinski definition) is 0. The minimum atomic E-state index is 0.608. The van der Waals surface area contributed by atoms with Crippen molar-refractivity contribution >= 4 is 17.2 Å². The zero-order chi connectivity index (χ0) is 19.6. The maximum atomic E-state index is 5.06. The molecule has 5 rings (SSSR count). The van der Waals surface area contributed by atoms with Crippen LogP contribution in [0.2, 0.25) is 0 Å². The van der Waals surface area contributed by atoms with Crippen LogP contribution in [0.25, 0.3) is 17.1 Å². The molecular formula is C24H21N5. The molecular weight excluding hydrogens is 358 g/mol. The van der Waals surface area contributed by atoms with Crippen molar-refractivity contribution in [2.75, 3.05) is 11.4 Å². The molecule has 142 valence electrons. The Balaban J connectivity index is 1.68. The van der Waals surface area contributed by atoms with E-state index >= 15 is 0 Å². The Morgan fingerprint density at radius 1 is 0.828 bits per heavy atom. The van der Waals surface area contributed by atoms with Crippen LogP contribution in [0, 0.1) is 0 Å². The van der Waals surface area contributed by atoms with E-state index in [0.717, 1.165) is 46.7 Å². The summed E-state index contributed by atoms with van der Waals surface area (Å²) in [5.74, 6) is 2.70. The highest BCUT2D eigenvalue weighted by Gasteiger charge is 2.24. The van der Waals surface area contributed by atoms with Crippen molar-refractivity contribution in [2.24, 2.45) is 4.99 Å². The fraction of sp³-hybridized carbons (Fsp3) is 0.125. The van der Waals surface area contributed by atoms with Gasteiger partial charge in [0.2, 0.25) is 0 Å². The molecule has 0 saturated carbocycles. The summed E-state index contributed by atoms with van der Waals surface area (Å²) in [6.45, 7) is 2.97. The van der Waals surface area contributed by atoms with Crippen molar-refractivity contribution in [1.82, 2.24) is 14.8 Å². The number of hydrogen-bond acceptors (Lipinski definition) is 4. The number of benzene rings is 3. The van der Waals surface area contributed by atoms with Gasteiger partial charge >= 0.3 is 0 Å². The molecule has 29 heavy (non-hydrogen) atoms. The molecule has 0 N–H and O–H groups in total. The van der Waals surface area contributed by atoms with Crippen molar-refractivity contribution in [3.63, 3.8) is 0 Å². The van der Waals surface area contributed by atoms with Crippen LogP contribution < -0.4 is 4.90 Å². The van der Waals surface area contributed by atoms with Gasteiger partial charge in [0.15, 0.2) is 5.82 Å². The van der Waals surface area contributed by atoms with E-state index in [0.29, 0.717) is 6.42 Å². The summed E-state index contributed by atoms with van der Waals surface area (Å²) in [5.41, 5.74) is 4.10. The molecule has 3 aromatic carbocycles. The maximum absolute atomic E-state index is 5.06. The molecule has 0 spiro atoms. The average molecular weight is 379 g/mol. The van der Waals surface area contributed by atoms with Gasteiger partial charge in [-0.15, -0.1) is 10.2 Å². The highest BCUT2D eigenvalue weighted by atomic mass is 15.3. The minimum absolute atomic E-state index is 0.608. The smallest absolute Gasteiger partial charge is 0.168 e. The number of para-hydroxylation sites is 3. The molecule has 0 amide bonds. The number of nitrogens with zero attached hydrogens (tertiary/aromatic N) is 5. The molecule has 4 aromatic rings. The zero-order valence-electron chi connectivity index (χ0n) is 16.2. The normalized spacial score (nSPS) is 12.5. The number of amidine groups is 1. The second-order valence-electron chi connectivity index (χ2n) is 6.91. The van der Waals surface area contributed by atoms with E-state index in [4.69, 9.17) is 4.99 Å². The summed E-state index contributed by atoms with van der Waals surface area (Å²) < 4.78 is 2.14. The van der Waals surface area contributed by atoms with Gasteiger partial charge in [0, 0.05) is 17.8 Å². The van der Waals surface area contributed by atoms with Gasteiger partial charge in [0.25, 0.3) is 0 Å². The largest absolute Gasteiger partial charge is 0.330 e. The lowest BCUT2D eigenvalue weighted by Crippen LogP contribution is -2.32. The van der Waals surface area contributed by atoms with Gasteiger partial charge < -0.3 is 4.90 Å².